The van der Waals surface area contributed by atoms with Crippen LogP contribution in [0.2, 0.25) is 0 Å². The summed E-state index contributed by atoms with van der Waals surface area (Å²) in [4.78, 5) is 15.1. The summed E-state index contributed by atoms with van der Waals surface area (Å²) in [5, 5.41) is 7.38. The van der Waals surface area contributed by atoms with Gasteiger partial charge in [0, 0.05) is 16.7 Å². The Balaban J connectivity index is 0.987. The molecular formula is C57H37N3. The first-order valence-corrected chi connectivity index (χ1v) is 20.3. The van der Waals surface area contributed by atoms with Gasteiger partial charge in [-0.3, -0.25) is 0 Å². The Morgan fingerprint density at radius 1 is 0.200 bits per heavy atom. The van der Waals surface area contributed by atoms with Gasteiger partial charge in [-0.2, -0.15) is 0 Å². The normalized spacial score (nSPS) is 11.3. The molecule has 280 valence electrons. The van der Waals surface area contributed by atoms with E-state index in [2.05, 4.69) is 188 Å². The standard InChI is InChI=1S/C57H37N3/c1-3-13-38(14-4-1)40-25-32-45(33-26-40)56-58-55(44-16-5-2-6-17-44)59-57(60-56)46-34-30-43(31-35-46)54-51-21-11-9-19-49(51)53(50-20-10-12-22-52(50)54)42-28-23-41(24-29-42)48-36-27-39-15-7-8-18-47(39)37-48/h1-37H. The van der Waals surface area contributed by atoms with Gasteiger partial charge >= 0.3 is 0 Å². The summed E-state index contributed by atoms with van der Waals surface area (Å²) in [5.74, 6) is 1.92. The van der Waals surface area contributed by atoms with Crippen LogP contribution in [-0.4, -0.2) is 15.0 Å². The average molecular weight is 764 g/mol. The van der Waals surface area contributed by atoms with E-state index in [4.69, 9.17) is 15.0 Å². The zero-order valence-electron chi connectivity index (χ0n) is 32.7. The highest BCUT2D eigenvalue weighted by Gasteiger charge is 2.18. The summed E-state index contributed by atoms with van der Waals surface area (Å²) in [6, 6.07) is 79.6. The molecule has 3 nitrogen and oxygen atoms in total. The maximum absolute atomic E-state index is 5.07. The van der Waals surface area contributed by atoms with Gasteiger partial charge in [-0.15, -0.1) is 0 Å². The van der Waals surface area contributed by atoms with Crippen molar-refractivity contribution in [2.75, 3.05) is 0 Å². The molecule has 3 heteroatoms. The Labute approximate surface area is 349 Å². The number of benzene rings is 10. The van der Waals surface area contributed by atoms with Crippen molar-refractivity contribution in [2.24, 2.45) is 0 Å². The molecule has 0 bridgehead atoms. The van der Waals surface area contributed by atoms with E-state index in [9.17, 15) is 0 Å². The quantitative estimate of drug-likeness (QED) is 0.152. The molecule has 0 saturated carbocycles. The Morgan fingerprint density at radius 3 is 0.967 bits per heavy atom. The molecule has 0 radical (unpaired) electrons. The summed E-state index contributed by atoms with van der Waals surface area (Å²) in [5.41, 5.74) is 12.4. The average Bonchev–Trinajstić information content (AvgIpc) is 3.33. The van der Waals surface area contributed by atoms with Gasteiger partial charge in [-0.25, -0.2) is 15.0 Å². The molecule has 0 atom stereocenters. The Kier molecular flexibility index (Phi) is 8.83. The third-order valence-electron chi connectivity index (χ3n) is 11.5. The van der Waals surface area contributed by atoms with Crippen LogP contribution in [0.25, 0.3) is 111 Å². The predicted octanol–water partition coefficient (Wildman–Crippen LogP) is 15.0. The zero-order valence-corrected chi connectivity index (χ0v) is 32.7. The van der Waals surface area contributed by atoms with E-state index in [0.29, 0.717) is 17.5 Å². The minimum absolute atomic E-state index is 0.634. The van der Waals surface area contributed by atoms with E-state index in [1.54, 1.807) is 0 Å². The van der Waals surface area contributed by atoms with Gasteiger partial charge in [0.1, 0.15) is 0 Å². The lowest BCUT2D eigenvalue weighted by atomic mass is 9.85. The van der Waals surface area contributed by atoms with Crippen molar-refractivity contribution in [2.45, 2.75) is 0 Å². The summed E-state index contributed by atoms with van der Waals surface area (Å²) in [7, 11) is 0. The smallest absolute Gasteiger partial charge is 0.164 e. The second-order valence-electron chi connectivity index (χ2n) is 15.2. The summed E-state index contributed by atoms with van der Waals surface area (Å²) < 4.78 is 0. The van der Waals surface area contributed by atoms with E-state index in [-0.39, 0.29) is 0 Å². The molecule has 0 N–H and O–H groups in total. The number of nitrogens with zero attached hydrogens (tertiary/aromatic N) is 3. The first-order valence-electron chi connectivity index (χ1n) is 20.3. The van der Waals surface area contributed by atoms with Gasteiger partial charge in [0.15, 0.2) is 17.5 Å². The van der Waals surface area contributed by atoms with Crippen LogP contribution >= 0.6 is 0 Å². The van der Waals surface area contributed by atoms with Crippen LogP contribution in [0.15, 0.2) is 224 Å². The van der Waals surface area contributed by atoms with E-state index in [0.717, 1.165) is 27.8 Å². The third kappa shape index (κ3) is 6.49. The lowest BCUT2D eigenvalue weighted by Crippen LogP contribution is -2.00. The molecule has 0 saturated heterocycles. The Hall–Kier alpha value is -8.01. The lowest BCUT2D eigenvalue weighted by Gasteiger charge is -2.18. The van der Waals surface area contributed by atoms with Gasteiger partial charge in [-0.1, -0.05) is 218 Å². The minimum Gasteiger partial charge on any atom is -0.208 e. The molecule has 11 aromatic rings. The molecule has 0 spiro atoms. The highest BCUT2D eigenvalue weighted by Crippen LogP contribution is 2.44. The second-order valence-corrected chi connectivity index (χ2v) is 15.2. The lowest BCUT2D eigenvalue weighted by molar-refractivity contribution is 1.07. The molecule has 10 aromatic carbocycles. The molecule has 1 aromatic heterocycles. The Morgan fingerprint density at radius 2 is 0.500 bits per heavy atom. The van der Waals surface area contributed by atoms with Crippen LogP contribution in [0.4, 0.5) is 0 Å². The van der Waals surface area contributed by atoms with Crippen LogP contribution < -0.4 is 0 Å². The second kappa shape index (κ2) is 15.1. The fraction of sp³-hybridized carbons (Fsp3) is 0. The van der Waals surface area contributed by atoms with Crippen molar-refractivity contribution in [3.05, 3.63) is 224 Å². The van der Waals surface area contributed by atoms with Gasteiger partial charge in [0.25, 0.3) is 0 Å². The number of hydrogen-bond donors (Lipinski definition) is 0. The first-order chi connectivity index (χ1) is 29.7. The highest BCUT2D eigenvalue weighted by molar-refractivity contribution is 6.21. The molecule has 0 fully saturated rings. The molecule has 11 rings (SSSR count). The first kappa shape index (κ1) is 35.2. The summed E-state index contributed by atoms with van der Waals surface area (Å²) >= 11 is 0. The monoisotopic (exact) mass is 763 g/mol. The molecule has 0 amide bonds. The highest BCUT2D eigenvalue weighted by atomic mass is 15.0. The maximum Gasteiger partial charge on any atom is 0.164 e. The van der Waals surface area contributed by atoms with Gasteiger partial charge in [0.05, 0.1) is 0 Å². The van der Waals surface area contributed by atoms with E-state index in [1.807, 2.05) is 36.4 Å². The summed E-state index contributed by atoms with van der Waals surface area (Å²) in [6.45, 7) is 0. The van der Waals surface area contributed by atoms with Crippen LogP contribution in [0.1, 0.15) is 0 Å². The molecule has 0 aliphatic rings. The molecule has 0 aliphatic carbocycles. The van der Waals surface area contributed by atoms with Crippen molar-refractivity contribution < 1.29 is 0 Å². The largest absolute Gasteiger partial charge is 0.208 e. The van der Waals surface area contributed by atoms with Crippen molar-refractivity contribution in [1.29, 1.82) is 0 Å². The fourth-order valence-corrected chi connectivity index (χ4v) is 8.53. The molecule has 0 unspecified atom stereocenters. The zero-order chi connectivity index (χ0) is 39.8. The number of rotatable bonds is 7. The van der Waals surface area contributed by atoms with Gasteiger partial charge in [0.2, 0.25) is 0 Å². The van der Waals surface area contributed by atoms with E-state index in [1.165, 1.54) is 65.7 Å². The molecular weight excluding hydrogens is 727 g/mol. The van der Waals surface area contributed by atoms with Crippen LogP contribution in [0.3, 0.4) is 0 Å². The predicted molar refractivity (Wildman–Crippen MR) is 250 cm³/mol. The molecule has 60 heavy (non-hydrogen) atoms. The fourth-order valence-electron chi connectivity index (χ4n) is 8.53. The van der Waals surface area contributed by atoms with Crippen LogP contribution in [0, 0.1) is 0 Å². The van der Waals surface area contributed by atoms with Crippen molar-refractivity contribution in [3.63, 3.8) is 0 Å². The SMILES string of the molecule is c1ccc(-c2ccc(-c3nc(-c4ccccc4)nc(-c4ccc(-c5c6ccccc6c(-c6ccc(-c7ccc8ccccc8c7)cc6)c6ccccc56)cc4)n3)cc2)cc1. The number of fused-ring (bicyclic) bond motifs is 3. The van der Waals surface area contributed by atoms with E-state index >= 15 is 0 Å². The van der Waals surface area contributed by atoms with Gasteiger partial charge < -0.3 is 0 Å². The molecule has 0 aliphatic heterocycles. The summed E-state index contributed by atoms with van der Waals surface area (Å²) in [6.07, 6.45) is 0. The van der Waals surface area contributed by atoms with Crippen molar-refractivity contribution >= 4 is 32.3 Å². The topological polar surface area (TPSA) is 38.7 Å². The number of aromatic nitrogens is 3. The third-order valence-corrected chi connectivity index (χ3v) is 11.5. The van der Waals surface area contributed by atoms with Crippen LogP contribution in [0.5, 0.6) is 0 Å². The van der Waals surface area contributed by atoms with Crippen molar-refractivity contribution in [3.8, 4) is 78.7 Å². The molecule has 1 heterocycles. The van der Waals surface area contributed by atoms with Crippen LogP contribution in [-0.2, 0) is 0 Å². The maximum atomic E-state index is 5.07. The Bertz CT molecular complexity index is 3260. The minimum atomic E-state index is 0.634. The van der Waals surface area contributed by atoms with Crippen molar-refractivity contribution in [1.82, 2.24) is 15.0 Å². The number of hydrogen-bond acceptors (Lipinski definition) is 3. The van der Waals surface area contributed by atoms with Gasteiger partial charge in [-0.05, 0) is 82.9 Å². The van der Waals surface area contributed by atoms with E-state index < -0.39 is 0 Å².